The van der Waals surface area contributed by atoms with Gasteiger partial charge in [0.15, 0.2) is 0 Å². The normalized spacial score (nSPS) is 28.3. The van der Waals surface area contributed by atoms with Crippen molar-refractivity contribution in [3.8, 4) is 0 Å². The molecule has 1 heterocycles. The molecule has 0 bridgehead atoms. The van der Waals surface area contributed by atoms with E-state index < -0.39 is 5.60 Å². The minimum Gasteiger partial charge on any atom is -0.389 e. The lowest BCUT2D eigenvalue weighted by Crippen LogP contribution is -2.40. The number of β-amino-alcohol motifs (C(OH)–C–C–N with tert-alkyl or cyclic N) is 1. The van der Waals surface area contributed by atoms with Crippen molar-refractivity contribution in [1.29, 1.82) is 0 Å². The van der Waals surface area contributed by atoms with Gasteiger partial charge in [-0.25, -0.2) is 0 Å². The van der Waals surface area contributed by atoms with Gasteiger partial charge in [-0.05, 0) is 38.0 Å². The molecule has 100 valence electrons. The van der Waals surface area contributed by atoms with Crippen LogP contribution in [-0.4, -0.2) is 34.7 Å². The fourth-order valence-corrected chi connectivity index (χ4v) is 2.85. The molecule has 1 aliphatic heterocycles. The van der Waals surface area contributed by atoms with Crippen LogP contribution in [0.3, 0.4) is 0 Å². The number of likely N-dealkylation sites (tertiary alicyclic amines) is 1. The number of hydrogen-bond donors (Lipinski definition) is 2. The van der Waals surface area contributed by atoms with Crippen molar-refractivity contribution < 1.29 is 5.11 Å². The van der Waals surface area contributed by atoms with E-state index in [2.05, 4.69) is 4.90 Å². The highest BCUT2D eigenvalue weighted by Crippen LogP contribution is 2.31. The summed E-state index contributed by atoms with van der Waals surface area (Å²) in [6.07, 6.45) is 0.795. The van der Waals surface area contributed by atoms with Crippen LogP contribution in [0.4, 0.5) is 0 Å². The molecule has 0 saturated carbocycles. The Morgan fingerprint density at radius 3 is 2.44 bits per heavy atom. The Bertz CT molecular complexity index is 403. The first kappa shape index (κ1) is 13.8. The van der Waals surface area contributed by atoms with E-state index in [1.54, 1.807) is 0 Å². The van der Waals surface area contributed by atoms with Crippen LogP contribution in [0.2, 0.25) is 5.02 Å². The number of aliphatic hydroxyl groups is 1. The number of rotatable bonds is 3. The SMILES string of the molecule is CC(N)C(c1ccc(Cl)cc1)N1CCC(C)(O)C1. The highest BCUT2D eigenvalue weighted by Gasteiger charge is 2.36. The Morgan fingerprint density at radius 1 is 1.39 bits per heavy atom. The predicted octanol–water partition coefficient (Wildman–Crippen LogP) is 2.19. The monoisotopic (exact) mass is 268 g/mol. The molecule has 18 heavy (non-hydrogen) atoms. The molecule has 1 aromatic rings. The second-order valence-electron chi connectivity index (χ2n) is 5.57. The Labute approximate surface area is 114 Å². The Balaban J connectivity index is 2.21. The second kappa shape index (κ2) is 5.17. The van der Waals surface area contributed by atoms with Crippen molar-refractivity contribution in [2.45, 2.75) is 38.0 Å². The van der Waals surface area contributed by atoms with Crippen molar-refractivity contribution in [3.63, 3.8) is 0 Å². The molecule has 3 unspecified atom stereocenters. The first-order valence-corrected chi connectivity index (χ1v) is 6.74. The molecule has 1 aromatic carbocycles. The number of hydrogen-bond acceptors (Lipinski definition) is 3. The van der Waals surface area contributed by atoms with Gasteiger partial charge in [0.25, 0.3) is 0 Å². The van der Waals surface area contributed by atoms with E-state index in [0.29, 0.717) is 6.54 Å². The number of nitrogens with two attached hydrogens (primary N) is 1. The Morgan fingerprint density at radius 2 is 2.00 bits per heavy atom. The average molecular weight is 269 g/mol. The van der Waals surface area contributed by atoms with Crippen LogP contribution < -0.4 is 5.73 Å². The molecule has 1 saturated heterocycles. The lowest BCUT2D eigenvalue weighted by molar-refractivity contribution is 0.0601. The van der Waals surface area contributed by atoms with Gasteiger partial charge in [-0.15, -0.1) is 0 Å². The maximum Gasteiger partial charge on any atom is 0.0758 e. The van der Waals surface area contributed by atoms with Crippen LogP contribution >= 0.6 is 11.6 Å². The third-order valence-corrected chi connectivity index (χ3v) is 3.84. The van der Waals surface area contributed by atoms with Crippen molar-refractivity contribution in [2.75, 3.05) is 13.1 Å². The summed E-state index contributed by atoms with van der Waals surface area (Å²) in [7, 11) is 0. The highest BCUT2D eigenvalue weighted by molar-refractivity contribution is 6.30. The molecular formula is C14H21ClN2O. The van der Waals surface area contributed by atoms with Crippen LogP contribution in [0, 0.1) is 0 Å². The molecule has 4 heteroatoms. The summed E-state index contributed by atoms with van der Waals surface area (Å²) in [6, 6.07) is 7.96. The first-order valence-electron chi connectivity index (χ1n) is 6.36. The lowest BCUT2D eigenvalue weighted by atomic mass is 9.99. The molecule has 0 radical (unpaired) electrons. The fourth-order valence-electron chi connectivity index (χ4n) is 2.72. The summed E-state index contributed by atoms with van der Waals surface area (Å²) >= 11 is 5.92. The summed E-state index contributed by atoms with van der Waals surface area (Å²) in [5.74, 6) is 0. The zero-order valence-electron chi connectivity index (χ0n) is 10.9. The third kappa shape index (κ3) is 3.04. The fraction of sp³-hybridized carbons (Fsp3) is 0.571. The molecule has 2 rings (SSSR count). The summed E-state index contributed by atoms with van der Waals surface area (Å²) in [5, 5.41) is 10.8. The molecule has 3 N–H and O–H groups in total. The molecule has 0 aliphatic carbocycles. The van der Waals surface area contributed by atoms with Gasteiger partial charge in [-0.3, -0.25) is 4.90 Å². The van der Waals surface area contributed by atoms with E-state index in [0.717, 1.165) is 23.6 Å². The second-order valence-corrected chi connectivity index (χ2v) is 6.01. The van der Waals surface area contributed by atoms with Crippen LogP contribution in [0.1, 0.15) is 31.9 Å². The van der Waals surface area contributed by atoms with Gasteiger partial charge in [0, 0.05) is 30.2 Å². The van der Waals surface area contributed by atoms with Gasteiger partial charge >= 0.3 is 0 Å². The molecule has 1 aliphatic rings. The molecule has 0 spiro atoms. The predicted molar refractivity (Wildman–Crippen MR) is 74.7 cm³/mol. The van der Waals surface area contributed by atoms with E-state index in [4.69, 9.17) is 17.3 Å². The maximum atomic E-state index is 10.1. The van der Waals surface area contributed by atoms with Gasteiger partial charge in [-0.2, -0.15) is 0 Å². The third-order valence-electron chi connectivity index (χ3n) is 3.58. The van der Waals surface area contributed by atoms with Crippen LogP contribution in [0.5, 0.6) is 0 Å². The molecule has 1 fully saturated rings. The number of benzene rings is 1. The van der Waals surface area contributed by atoms with E-state index in [1.807, 2.05) is 38.1 Å². The van der Waals surface area contributed by atoms with Crippen LogP contribution in [0.15, 0.2) is 24.3 Å². The summed E-state index contributed by atoms with van der Waals surface area (Å²) < 4.78 is 0. The summed E-state index contributed by atoms with van der Waals surface area (Å²) in [4.78, 5) is 2.26. The van der Waals surface area contributed by atoms with Crippen molar-refractivity contribution in [2.24, 2.45) is 5.73 Å². The topological polar surface area (TPSA) is 49.5 Å². The molecule has 3 atom stereocenters. The number of nitrogens with zero attached hydrogens (tertiary/aromatic N) is 1. The zero-order valence-corrected chi connectivity index (χ0v) is 11.7. The highest BCUT2D eigenvalue weighted by atomic mass is 35.5. The maximum absolute atomic E-state index is 10.1. The van der Waals surface area contributed by atoms with Crippen LogP contribution in [0.25, 0.3) is 0 Å². The van der Waals surface area contributed by atoms with Gasteiger partial charge in [-0.1, -0.05) is 23.7 Å². The van der Waals surface area contributed by atoms with E-state index in [1.165, 1.54) is 0 Å². The van der Waals surface area contributed by atoms with E-state index in [-0.39, 0.29) is 12.1 Å². The van der Waals surface area contributed by atoms with Crippen molar-refractivity contribution >= 4 is 11.6 Å². The Kier molecular flexibility index (Phi) is 3.97. The van der Waals surface area contributed by atoms with Gasteiger partial charge in [0.2, 0.25) is 0 Å². The Hall–Kier alpha value is -0.610. The van der Waals surface area contributed by atoms with Gasteiger partial charge in [0.05, 0.1) is 5.60 Å². The summed E-state index contributed by atoms with van der Waals surface area (Å²) in [6.45, 7) is 5.43. The van der Waals surface area contributed by atoms with E-state index >= 15 is 0 Å². The average Bonchev–Trinajstić information content (AvgIpc) is 2.61. The van der Waals surface area contributed by atoms with Crippen molar-refractivity contribution in [3.05, 3.63) is 34.9 Å². The van der Waals surface area contributed by atoms with Gasteiger partial charge in [0.1, 0.15) is 0 Å². The van der Waals surface area contributed by atoms with Crippen molar-refractivity contribution in [1.82, 2.24) is 4.90 Å². The minimum atomic E-state index is -0.598. The molecule has 0 amide bonds. The number of halogens is 1. The largest absolute Gasteiger partial charge is 0.389 e. The zero-order chi connectivity index (χ0) is 13.3. The first-order chi connectivity index (χ1) is 8.39. The van der Waals surface area contributed by atoms with Gasteiger partial charge < -0.3 is 10.8 Å². The molecule has 3 nitrogen and oxygen atoms in total. The standard InChI is InChI=1S/C14H21ClN2O/c1-10(16)13(11-3-5-12(15)6-4-11)17-8-7-14(2,18)9-17/h3-6,10,13,18H,7-9,16H2,1-2H3. The quantitative estimate of drug-likeness (QED) is 0.884. The lowest BCUT2D eigenvalue weighted by Gasteiger charge is -2.32. The van der Waals surface area contributed by atoms with E-state index in [9.17, 15) is 5.11 Å². The summed E-state index contributed by atoms with van der Waals surface area (Å²) in [5.41, 5.74) is 6.68. The smallest absolute Gasteiger partial charge is 0.0758 e. The molecule has 0 aromatic heterocycles. The molecular weight excluding hydrogens is 248 g/mol. The van der Waals surface area contributed by atoms with Crippen LogP contribution in [-0.2, 0) is 0 Å². The minimum absolute atomic E-state index is 0.0140.